The Morgan fingerprint density at radius 2 is 2.22 bits per heavy atom. The molecular weight excluding hydrogens is 299 g/mol. The second-order valence-corrected chi connectivity index (χ2v) is 5.10. The summed E-state index contributed by atoms with van der Waals surface area (Å²) in [5.74, 6) is -0.286. The van der Waals surface area contributed by atoms with Crippen molar-refractivity contribution < 1.29 is 9.18 Å². The first-order valence-corrected chi connectivity index (χ1v) is 6.70. The number of benzene rings is 1. The Morgan fingerprint density at radius 3 is 2.83 bits per heavy atom. The molecule has 5 heteroatoms. The Kier molecular flexibility index (Phi) is 6.29. The van der Waals surface area contributed by atoms with Gasteiger partial charge in [0.05, 0.1) is 4.47 Å². The molecule has 0 heterocycles. The van der Waals surface area contributed by atoms with Crippen molar-refractivity contribution in [3.63, 3.8) is 0 Å². The van der Waals surface area contributed by atoms with Gasteiger partial charge in [0.25, 0.3) is 0 Å². The number of carbonyl (C=O) groups excluding carboxylic acids is 1. The SMILES string of the molecule is CNCC(C)C(=O)NCCc1ccc(F)c(Br)c1. The maximum absolute atomic E-state index is 13.0. The van der Waals surface area contributed by atoms with Gasteiger partial charge in [0.2, 0.25) is 5.91 Å². The maximum atomic E-state index is 13.0. The van der Waals surface area contributed by atoms with Crippen LogP contribution >= 0.6 is 15.9 Å². The number of hydrogen-bond donors (Lipinski definition) is 2. The fraction of sp³-hybridized carbons (Fsp3) is 0.462. The van der Waals surface area contributed by atoms with E-state index in [4.69, 9.17) is 0 Å². The second-order valence-electron chi connectivity index (χ2n) is 4.25. The van der Waals surface area contributed by atoms with Crippen molar-refractivity contribution in [3.05, 3.63) is 34.1 Å². The van der Waals surface area contributed by atoms with Gasteiger partial charge in [-0.1, -0.05) is 13.0 Å². The Labute approximate surface area is 115 Å². The van der Waals surface area contributed by atoms with E-state index < -0.39 is 0 Å². The first-order chi connectivity index (χ1) is 8.54. The van der Waals surface area contributed by atoms with Crippen molar-refractivity contribution in [2.75, 3.05) is 20.1 Å². The minimum absolute atomic E-state index is 0.0329. The summed E-state index contributed by atoms with van der Waals surface area (Å²) < 4.78 is 13.5. The van der Waals surface area contributed by atoms with Crippen LogP contribution in [0.1, 0.15) is 12.5 Å². The molecule has 0 radical (unpaired) electrons. The average molecular weight is 317 g/mol. The molecule has 0 aliphatic rings. The molecule has 2 N–H and O–H groups in total. The van der Waals surface area contributed by atoms with Crippen molar-refractivity contribution in [2.24, 2.45) is 5.92 Å². The molecule has 1 aromatic carbocycles. The van der Waals surface area contributed by atoms with Gasteiger partial charge >= 0.3 is 0 Å². The molecule has 0 saturated heterocycles. The molecule has 0 fully saturated rings. The predicted molar refractivity (Wildman–Crippen MR) is 73.9 cm³/mol. The highest BCUT2D eigenvalue weighted by atomic mass is 79.9. The van der Waals surface area contributed by atoms with Crippen LogP contribution in [0.3, 0.4) is 0 Å². The fourth-order valence-electron chi connectivity index (χ4n) is 1.60. The number of carbonyl (C=O) groups is 1. The van der Waals surface area contributed by atoms with Crippen LogP contribution in [0.5, 0.6) is 0 Å². The largest absolute Gasteiger partial charge is 0.355 e. The lowest BCUT2D eigenvalue weighted by molar-refractivity contribution is -0.124. The van der Waals surface area contributed by atoms with Gasteiger partial charge in [0, 0.05) is 19.0 Å². The molecule has 0 saturated carbocycles. The van der Waals surface area contributed by atoms with Crippen LogP contribution in [0.2, 0.25) is 0 Å². The molecule has 0 aliphatic heterocycles. The third-order valence-electron chi connectivity index (χ3n) is 2.65. The minimum atomic E-state index is -0.273. The summed E-state index contributed by atoms with van der Waals surface area (Å²) in [6.07, 6.45) is 0.691. The smallest absolute Gasteiger partial charge is 0.224 e. The molecule has 18 heavy (non-hydrogen) atoms. The average Bonchev–Trinajstić information content (AvgIpc) is 2.34. The standard InChI is InChI=1S/C13H18BrFN2O/c1-9(8-16-2)13(18)17-6-5-10-3-4-12(15)11(14)7-10/h3-4,7,9,16H,5-6,8H2,1-2H3,(H,17,18). The number of halogens is 2. The van der Waals surface area contributed by atoms with Gasteiger partial charge in [-0.25, -0.2) is 4.39 Å². The summed E-state index contributed by atoms with van der Waals surface area (Å²) >= 11 is 3.14. The van der Waals surface area contributed by atoms with E-state index in [0.717, 1.165) is 5.56 Å². The molecule has 100 valence electrons. The number of rotatable bonds is 6. The highest BCUT2D eigenvalue weighted by Crippen LogP contribution is 2.16. The first kappa shape index (κ1) is 15.1. The summed E-state index contributed by atoms with van der Waals surface area (Å²) in [6.45, 7) is 3.10. The maximum Gasteiger partial charge on any atom is 0.224 e. The summed E-state index contributed by atoms with van der Waals surface area (Å²) in [5.41, 5.74) is 0.991. The van der Waals surface area contributed by atoms with Gasteiger partial charge in [-0.15, -0.1) is 0 Å². The highest BCUT2D eigenvalue weighted by molar-refractivity contribution is 9.10. The third kappa shape index (κ3) is 4.74. The summed E-state index contributed by atoms with van der Waals surface area (Å²) in [5, 5.41) is 5.82. The number of amides is 1. The van der Waals surface area contributed by atoms with Crippen LogP contribution in [0.4, 0.5) is 4.39 Å². The first-order valence-electron chi connectivity index (χ1n) is 5.91. The Morgan fingerprint density at radius 1 is 1.50 bits per heavy atom. The van der Waals surface area contributed by atoms with E-state index in [9.17, 15) is 9.18 Å². The van der Waals surface area contributed by atoms with E-state index in [1.165, 1.54) is 6.07 Å². The lowest BCUT2D eigenvalue weighted by Crippen LogP contribution is -2.35. The van der Waals surface area contributed by atoms with Gasteiger partial charge in [0.15, 0.2) is 0 Å². The van der Waals surface area contributed by atoms with E-state index >= 15 is 0 Å². The summed E-state index contributed by atoms with van der Waals surface area (Å²) in [6, 6.07) is 4.88. The van der Waals surface area contributed by atoms with E-state index in [2.05, 4.69) is 26.6 Å². The van der Waals surface area contributed by atoms with Gasteiger partial charge in [0.1, 0.15) is 5.82 Å². The Hall–Kier alpha value is -0.940. The summed E-state index contributed by atoms with van der Waals surface area (Å²) in [7, 11) is 1.82. The highest BCUT2D eigenvalue weighted by Gasteiger charge is 2.10. The molecule has 0 spiro atoms. The molecular formula is C13H18BrFN2O. The fourth-order valence-corrected chi connectivity index (χ4v) is 2.02. The quantitative estimate of drug-likeness (QED) is 0.844. The zero-order valence-electron chi connectivity index (χ0n) is 10.6. The predicted octanol–water partition coefficient (Wildman–Crippen LogP) is 2.10. The molecule has 1 unspecified atom stereocenters. The molecule has 0 aliphatic carbocycles. The van der Waals surface area contributed by atoms with Crippen LogP contribution in [-0.4, -0.2) is 26.0 Å². The van der Waals surface area contributed by atoms with Gasteiger partial charge < -0.3 is 10.6 Å². The van der Waals surface area contributed by atoms with E-state index in [1.807, 2.05) is 14.0 Å². The monoisotopic (exact) mass is 316 g/mol. The van der Waals surface area contributed by atoms with E-state index in [-0.39, 0.29) is 17.6 Å². The van der Waals surface area contributed by atoms with Crippen molar-refractivity contribution in [2.45, 2.75) is 13.3 Å². The molecule has 3 nitrogen and oxygen atoms in total. The van der Waals surface area contributed by atoms with Crippen LogP contribution in [0.15, 0.2) is 22.7 Å². The van der Waals surface area contributed by atoms with Crippen LogP contribution in [-0.2, 0) is 11.2 Å². The summed E-state index contributed by atoms with van der Waals surface area (Å²) in [4.78, 5) is 11.6. The lowest BCUT2D eigenvalue weighted by Gasteiger charge is -2.11. The van der Waals surface area contributed by atoms with Crippen molar-refractivity contribution in [1.82, 2.24) is 10.6 Å². The molecule has 1 aromatic rings. The van der Waals surface area contributed by atoms with Gasteiger partial charge in [-0.05, 0) is 47.1 Å². The Balaban J connectivity index is 2.37. The van der Waals surface area contributed by atoms with Crippen molar-refractivity contribution >= 4 is 21.8 Å². The lowest BCUT2D eigenvalue weighted by atomic mass is 10.1. The van der Waals surface area contributed by atoms with Gasteiger partial charge in [-0.3, -0.25) is 4.79 Å². The third-order valence-corrected chi connectivity index (χ3v) is 3.26. The topological polar surface area (TPSA) is 41.1 Å². The van der Waals surface area contributed by atoms with E-state index in [1.54, 1.807) is 12.1 Å². The van der Waals surface area contributed by atoms with E-state index in [0.29, 0.717) is 24.0 Å². The number of nitrogens with one attached hydrogen (secondary N) is 2. The molecule has 0 aromatic heterocycles. The zero-order chi connectivity index (χ0) is 13.5. The van der Waals surface area contributed by atoms with Crippen LogP contribution < -0.4 is 10.6 Å². The normalized spacial score (nSPS) is 12.2. The van der Waals surface area contributed by atoms with Crippen molar-refractivity contribution in [1.29, 1.82) is 0 Å². The minimum Gasteiger partial charge on any atom is -0.355 e. The second kappa shape index (κ2) is 7.48. The zero-order valence-corrected chi connectivity index (χ0v) is 12.2. The molecule has 0 bridgehead atoms. The van der Waals surface area contributed by atoms with Crippen molar-refractivity contribution in [3.8, 4) is 0 Å². The van der Waals surface area contributed by atoms with Crippen LogP contribution in [0.25, 0.3) is 0 Å². The number of hydrogen-bond acceptors (Lipinski definition) is 2. The van der Waals surface area contributed by atoms with Crippen LogP contribution in [0, 0.1) is 11.7 Å². The molecule has 1 amide bonds. The van der Waals surface area contributed by atoms with Gasteiger partial charge in [-0.2, -0.15) is 0 Å². The molecule has 1 rings (SSSR count). The molecule has 1 atom stereocenters. The Bertz CT molecular complexity index is 412.